The number of fused-ring (bicyclic) bond motifs is 3. The van der Waals surface area contributed by atoms with Gasteiger partial charge in [0.1, 0.15) is 16.9 Å². The molecule has 2 saturated heterocycles. The maximum Gasteiger partial charge on any atom is 0.410 e. The van der Waals surface area contributed by atoms with Gasteiger partial charge in [-0.3, -0.25) is 0 Å². The number of piperazine rings is 1. The van der Waals surface area contributed by atoms with Crippen LogP contribution in [0.5, 0.6) is 0 Å². The van der Waals surface area contributed by atoms with Crippen molar-refractivity contribution in [2.75, 3.05) is 23.7 Å². The molecule has 228 valence electrons. The second-order valence-corrected chi connectivity index (χ2v) is 14.5. The van der Waals surface area contributed by atoms with E-state index >= 15 is 4.39 Å². The molecule has 1 aromatic carbocycles. The summed E-state index contributed by atoms with van der Waals surface area (Å²) in [6, 6.07) is 2.22. The van der Waals surface area contributed by atoms with E-state index < -0.39 is 5.60 Å². The van der Waals surface area contributed by atoms with Crippen LogP contribution in [0.1, 0.15) is 111 Å². The van der Waals surface area contributed by atoms with E-state index in [2.05, 4.69) is 27.8 Å². The van der Waals surface area contributed by atoms with Gasteiger partial charge >= 0.3 is 6.09 Å². The molecule has 2 aliphatic heterocycles. The topological polar surface area (TPSA) is 58.6 Å². The van der Waals surface area contributed by atoms with Crippen LogP contribution in [0, 0.1) is 5.82 Å². The van der Waals surface area contributed by atoms with Crippen molar-refractivity contribution in [1.29, 1.82) is 0 Å². The molecule has 1 aromatic heterocycles. The number of carbonyl (C=O) groups excluding carboxylic acids is 1. The third kappa shape index (κ3) is 8.27. The molecule has 2 aromatic rings. The highest BCUT2D eigenvalue weighted by atomic mass is 79.9. The number of rotatable bonds is 14. The molecule has 0 aliphatic carbocycles. The van der Waals surface area contributed by atoms with Crippen molar-refractivity contribution in [3.8, 4) is 0 Å². The molecule has 2 atom stereocenters. The van der Waals surface area contributed by atoms with Gasteiger partial charge in [-0.1, -0.05) is 83.4 Å². The summed E-state index contributed by atoms with van der Waals surface area (Å²) < 4.78 is 21.8. The van der Waals surface area contributed by atoms with Crippen LogP contribution in [0.2, 0.25) is 0 Å². The van der Waals surface area contributed by atoms with E-state index in [1.54, 1.807) is 11.8 Å². The maximum absolute atomic E-state index is 15.6. The summed E-state index contributed by atoms with van der Waals surface area (Å²) in [7, 11) is 0. The largest absolute Gasteiger partial charge is 0.444 e. The predicted octanol–water partition coefficient (Wildman–Crippen LogP) is 9.30. The zero-order valence-corrected chi connectivity index (χ0v) is 28.0. The zero-order chi connectivity index (χ0) is 29.6. The van der Waals surface area contributed by atoms with Gasteiger partial charge in [-0.2, -0.15) is 0 Å². The summed E-state index contributed by atoms with van der Waals surface area (Å²) in [5.41, 5.74) is 0.755. The number of carbonyl (C=O) groups is 1. The number of anilines is 1. The molecule has 2 unspecified atom stereocenters. The third-order valence-corrected chi connectivity index (χ3v) is 9.95. The Labute approximate surface area is 258 Å². The second-order valence-electron chi connectivity index (χ2n) is 12.6. The number of benzene rings is 1. The first-order valence-electron chi connectivity index (χ1n) is 15.7. The van der Waals surface area contributed by atoms with Crippen molar-refractivity contribution >= 4 is 50.5 Å². The Balaban J connectivity index is 1.43. The third-order valence-electron chi connectivity index (χ3n) is 8.16. The molecule has 3 heterocycles. The summed E-state index contributed by atoms with van der Waals surface area (Å²) in [5, 5.41) is 1.38. The number of ether oxygens (including phenoxy) is 1. The first-order valence-corrected chi connectivity index (χ1v) is 17.5. The van der Waals surface area contributed by atoms with Crippen molar-refractivity contribution < 1.29 is 13.9 Å². The minimum Gasteiger partial charge on any atom is -0.444 e. The van der Waals surface area contributed by atoms with Gasteiger partial charge < -0.3 is 14.5 Å². The number of hydrogen-bond donors (Lipinski definition) is 0. The van der Waals surface area contributed by atoms with E-state index in [0.717, 1.165) is 35.4 Å². The molecule has 1 amide bonds. The molecule has 4 rings (SSSR count). The zero-order valence-electron chi connectivity index (χ0n) is 25.6. The molecule has 9 heteroatoms. The fourth-order valence-corrected chi connectivity index (χ4v) is 7.41. The normalized spacial score (nSPS) is 18.6. The van der Waals surface area contributed by atoms with Gasteiger partial charge in [0, 0.05) is 24.2 Å². The van der Waals surface area contributed by atoms with Crippen LogP contribution in [0.15, 0.2) is 15.7 Å². The fraction of sp³-hybridized carbons (Fsp3) is 0.719. The van der Waals surface area contributed by atoms with Crippen LogP contribution < -0.4 is 4.90 Å². The Bertz CT molecular complexity index is 1190. The van der Waals surface area contributed by atoms with Crippen molar-refractivity contribution in [2.45, 2.75) is 135 Å². The van der Waals surface area contributed by atoms with Crippen LogP contribution in [-0.2, 0) is 11.2 Å². The Morgan fingerprint density at radius 3 is 2.27 bits per heavy atom. The van der Waals surface area contributed by atoms with Crippen LogP contribution in [0.4, 0.5) is 15.0 Å². The SMILES string of the molecule is CCCCCCCCCCCCSc1nc(N2CC3CC2CN3C(=O)OC(C)(C)C)c2cc(CC)c(Br)c(F)c2n1. The highest BCUT2D eigenvalue weighted by Crippen LogP contribution is 2.40. The molecule has 41 heavy (non-hydrogen) atoms. The molecule has 2 aliphatic rings. The highest BCUT2D eigenvalue weighted by Gasteiger charge is 2.47. The number of unbranched alkanes of at least 4 members (excludes halogenated alkanes) is 9. The Morgan fingerprint density at radius 2 is 1.68 bits per heavy atom. The average Bonchev–Trinajstić information content (AvgIpc) is 3.54. The monoisotopic (exact) mass is 650 g/mol. The number of halogens is 2. The molecule has 6 nitrogen and oxygen atoms in total. The van der Waals surface area contributed by atoms with Gasteiger partial charge in [0.15, 0.2) is 11.0 Å². The molecule has 0 radical (unpaired) electrons. The predicted molar refractivity (Wildman–Crippen MR) is 172 cm³/mol. The lowest BCUT2D eigenvalue weighted by Gasteiger charge is -2.36. The summed E-state index contributed by atoms with van der Waals surface area (Å²) in [6.07, 6.45) is 14.3. The number of thioether (sulfide) groups is 1. The van der Waals surface area contributed by atoms with Crippen LogP contribution in [-0.4, -0.2) is 57.5 Å². The number of likely N-dealkylation sites (tertiary alicyclic amines) is 1. The number of aromatic nitrogens is 2. The van der Waals surface area contributed by atoms with Crippen molar-refractivity contribution in [2.24, 2.45) is 0 Å². The molecular weight excluding hydrogens is 603 g/mol. The average molecular weight is 652 g/mol. The van der Waals surface area contributed by atoms with Gasteiger partial charge in [-0.25, -0.2) is 19.2 Å². The first-order chi connectivity index (χ1) is 19.6. The number of aryl methyl sites for hydroxylation is 1. The van der Waals surface area contributed by atoms with Crippen LogP contribution in [0.3, 0.4) is 0 Å². The summed E-state index contributed by atoms with van der Waals surface area (Å²) in [4.78, 5) is 26.7. The minimum atomic E-state index is -0.525. The molecule has 2 bridgehead atoms. The molecule has 0 saturated carbocycles. The minimum absolute atomic E-state index is 0.0635. The van der Waals surface area contributed by atoms with Gasteiger partial charge in [-0.05, 0) is 67.6 Å². The van der Waals surface area contributed by atoms with Crippen LogP contribution >= 0.6 is 27.7 Å². The van der Waals surface area contributed by atoms with Crippen LogP contribution in [0.25, 0.3) is 10.9 Å². The lowest BCUT2D eigenvalue weighted by molar-refractivity contribution is 0.0214. The van der Waals surface area contributed by atoms with E-state index in [9.17, 15) is 4.79 Å². The smallest absolute Gasteiger partial charge is 0.410 e. The molecule has 2 fully saturated rings. The molecule has 0 N–H and O–H groups in total. The van der Waals surface area contributed by atoms with E-state index in [0.29, 0.717) is 34.7 Å². The standard InChI is InChI=1S/C32H48BrFN4O2S/c1-6-8-9-10-11-12-13-14-15-16-17-41-30-35-28-25(18-22(7-2)26(33)27(28)34)29(36-30)37-20-24-19-23(37)21-38(24)31(39)40-32(3,4)5/h18,23-24H,6-17,19-21H2,1-5H3. The van der Waals surface area contributed by atoms with Crippen molar-refractivity contribution in [3.05, 3.63) is 21.9 Å². The highest BCUT2D eigenvalue weighted by molar-refractivity contribution is 9.10. The van der Waals surface area contributed by atoms with E-state index in [1.165, 1.54) is 57.8 Å². The molecular formula is C32H48BrFN4O2S. The second kappa shape index (κ2) is 14.7. The van der Waals surface area contributed by atoms with Gasteiger partial charge in [0.2, 0.25) is 0 Å². The fourth-order valence-electron chi connectivity index (χ4n) is 5.98. The number of amides is 1. The van der Waals surface area contributed by atoms with Crippen molar-refractivity contribution in [3.63, 3.8) is 0 Å². The lowest BCUT2D eigenvalue weighted by Crippen LogP contribution is -2.50. The number of hydrogen-bond acceptors (Lipinski definition) is 6. The van der Waals surface area contributed by atoms with E-state index in [4.69, 9.17) is 14.7 Å². The Hall–Kier alpha value is -1.61. The summed E-state index contributed by atoms with van der Waals surface area (Å²) in [6.45, 7) is 11.2. The van der Waals surface area contributed by atoms with E-state index in [1.807, 2.05) is 38.7 Å². The van der Waals surface area contributed by atoms with Crippen molar-refractivity contribution in [1.82, 2.24) is 14.9 Å². The van der Waals surface area contributed by atoms with Gasteiger partial charge in [0.05, 0.1) is 16.6 Å². The number of nitrogens with zero attached hydrogens (tertiary/aromatic N) is 4. The van der Waals surface area contributed by atoms with E-state index in [-0.39, 0.29) is 24.0 Å². The van der Waals surface area contributed by atoms with Gasteiger partial charge in [0.25, 0.3) is 0 Å². The summed E-state index contributed by atoms with van der Waals surface area (Å²) in [5.74, 6) is 1.40. The Morgan fingerprint density at radius 1 is 1.02 bits per heavy atom. The summed E-state index contributed by atoms with van der Waals surface area (Å²) >= 11 is 5.10. The Kier molecular flexibility index (Phi) is 11.6. The molecule has 0 spiro atoms. The first kappa shape index (κ1) is 32.3. The maximum atomic E-state index is 15.6. The van der Waals surface area contributed by atoms with Gasteiger partial charge in [-0.15, -0.1) is 0 Å². The quantitative estimate of drug-likeness (QED) is 0.115. The lowest BCUT2D eigenvalue weighted by atomic mass is 10.1.